The van der Waals surface area contributed by atoms with Crippen LogP contribution in [-0.4, -0.2) is 38.8 Å². The molecule has 29 heavy (non-hydrogen) atoms. The summed E-state index contributed by atoms with van der Waals surface area (Å²) in [6.07, 6.45) is 4.78. The maximum atomic E-state index is 5.72. The zero-order chi connectivity index (χ0) is 20.5. The van der Waals surface area contributed by atoms with Crippen molar-refractivity contribution < 1.29 is 4.74 Å². The Morgan fingerprint density at radius 2 is 2.00 bits per heavy atom. The Labute approximate surface area is 176 Å². The molecule has 4 rings (SSSR count). The van der Waals surface area contributed by atoms with E-state index >= 15 is 0 Å². The van der Waals surface area contributed by atoms with Gasteiger partial charge in [0.15, 0.2) is 10.8 Å². The van der Waals surface area contributed by atoms with Crippen molar-refractivity contribution in [1.82, 2.24) is 19.6 Å². The molecule has 0 aromatic carbocycles. The smallest absolute Gasteiger partial charge is 0.183 e. The van der Waals surface area contributed by atoms with E-state index in [9.17, 15) is 0 Å². The van der Waals surface area contributed by atoms with Gasteiger partial charge in [-0.3, -0.25) is 0 Å². The third kappa shape index (κ3) is 3.90. The summed E-state index contributed by atoms with van der Waals surface area (Å²) in [4.78, 5) is 10.9. The van der Waals surface area contributed by atoms with Gasteiger partial charge in [0.25, 0.3) is 0 Å². The second-order valence-corrected chi connectivity index (χ2v) is 8.98. The molecule has 6 nitrogen and oxygen atoms in total. The lowest BCUT2D eigenvalue weighted by atomic mass is 9.95. The number of hydrogen-bond donors (Lipinski definition) is 1. The lowest BCUT2D eigenvalue weighted by molar-refractivity contribution is 0.120. The van der Waals surface area contributed by atoms with Crippen LogP contribution in [0.2, 0.25) is 0 Å². The van der Waals surface area contributed by atoms with E-state index in [1.807, 2.05) is 4.52 Å². The first-order valence-corrected chi connectivity index (χ1v) is 11.5. The second kappa shape index (κ2) is 8.40. The summed E-state index contributed by atoms with van der Waals surface area (Å²) in [5.74, 6) is 0.500. The largest absolute Gasteiger partial charge is 0.376 e. The summed E-state index contributed by atoms with van der Waals surface area (Å²) in [6, 6.07) is 2.21. The van der Waals surface area contributed by atoms with E-state index in [1.165, 1.54) is 5.56 Å². The predicted octanol–water partition coefficient (Wildman–Crippen LogP) is 5.27. The molecule has 1 saturated heterocycles. The van der Waals surface area contributed by atoms with Gasteiger partial charge in [-0.1, -0.05) is 25.2 Å². The van der Waals surface area contributed by atoms with E-state index < -0.39 is 0 Å². The van der Waals surface area contributed by atoms with Crippen LogP contribution in [0.3, 0.4) is 0 Å². The normalized spacial score (nSPS) is 17.0. The quantitative estimate of drug-likeness (QED) is 0.571. The molecule has 1 N–H and O–H groups in total. The first-order chi connectivity index (χ1) is 14.0. The fourth-order valence-electron chi connectivity index (χ4n) is 4.27. The van der Waals surface area contributed by atoms with E-state index in [-0.39, 0.29) is 0 Å². The van der Waals surface area contributed by atoms with Crippen molar-refractivity contribution in [3.63, 3.8) is 0 Å². The number of aromatic nitrogens is 4. The Balaban J connectivity index is 1.73. The zero-order valence-electron chi connectivity index (χ0n) is 18.1. The molecule has 0 amide bonds. The van der Waals surface area contributed by atoms with Gasteiger partial charge in [-0.15, -0.1) is 0 Å². The van der Waals surface area contributed by atoms with Crippen molar-refractivity contribution in [2.45, 2.75) is 72.3 Å². The van der Waals surface area contributed by atoms with Crippen molar-refractivity contribution in [3.05, 3.63) is 28.7 Å². The molecule has 3 aromatic heterocycles. The van der Waals surface area contributed by atoms with Gasteiger partial charge in [0, 0.05) is 18.7 Å². The molecule has 156 valence electrons. The van der Waals surface area contributed by atoms with Gasteiger partial charge in [0.2, 0.25) is 0 Å². The zero-order valence-corrected chi connectivity index (χ0v) is 18.9. The van der Waals surface area contributed by atoms with E-state index in [0.717, 1.165) is 77.3 Å². The van der Waals surface area contributed by atoms with Gasteiger partial charge in [-0.2, -0.15) is 5.10 Å². The van der Waals surface area contributed by atoms with Gasteiger partial charge in [0.05, 0.1) is 28.1 Å². The first kappa shape index (κ1) is 20.3. The minimum atomic E-state index is 0.298. The molecule has 0 unspecified atom stereocenters. The van der Waals surface area contributed by atoms with Crippen molar-refractivity contribution in [1.29, 1.82) is 0 Å². The molecule has 1 atom stereocenters. The van der Waals surface area contributed by atoms with Gasteiger partial charge < -0.3 is 10.1 Å². The Morgan fingerprint density at radius 3 is 2.69 bits per heavy atom. The average Bonchev–Trinajstić information content (AvgIpc) is 3.40. The van der Waals surface area contributed by atoms with Crippen molar-refractivity contribution in [2.24, 2.45) is 0 Å². The summed E-state index contributed by atoms with van der Waals surface area (Å²) < 4.78 is 7.77. The number of nitrogens with zero attached hydrogens (tertiary/aromatic N) is 4. The van der Waals surface area contributed by atoms with Crippen LogP contribution in [0.25, 0.3) is 16.2 Å². The summed E-state index contributed by atoms with van der Waals surface area (Å²) in [5.41, 5.74) is 6.40. The number of ether oxygens (including phenoxy) is 1. The maximum Gasteiger partial charge on any atom is 0.183 e. The first-order valence-electron chi connectivity index (χ1n) is 10.7. The molecule has 4 heterocycles. The van der Waals surface area contributed by atoms with E-state index in [0.29, 0.717) is 12.0 Å². The minimum Gasteiger partial charge on any atom is -0.376 e. The summed E-state index contributed by atoms with van der Waals surface area (Å²) in [6.45, 7) is 12.4. The van der Waals surface area contributed by atoms with Crippen LogP contribution in [0.1, 0.15) is 68.1 Å². The number of hydrogen-bond acceptors (Lipinski definition) is 6. The van der Waals surface area contributed by atoms with Gasteiger partial charge in [-0.05, 0) is 58.4 Å². The highest BCUT2D eigenvalue weighted by molar-refractivity contribution is 7.19. The van der Waals surface area contributed by atoms with Crippen LogP contribution in [-0.2, 0) is 4.74 Å². The molecule has 0 saturated carbocycles. The molecule has 0 radical (unpaired) electrons. The molecule has 0 aliphatic carbocycles. The van der Waals surface area contributed by atoms with E-state index in [2.05, 4.69) is 46.0 Å². The highest BCUT2D eigenvalue weighted by Crippen LogP contribution is 2.37. The highest BCUT2D eigenvalue weighted by Gasteiger charge is 2.23. The summed E-state index contributed by atoms with van der Waals surface area (Å²) >= 11 is 1.68. The number of thiazole rings is 1. The van der Waals surface area contributed by atoms with Crippen molar-refractivity contribution in [3.8, 4) is 10.6 Å². The Kier molecular flexibility index (Phi) is 5.88. The Bertz CT molecular complexity index is 998. The Morgan fingerprint density at radius 1 is 1.21 bits per heavy atom. The van der Waals surface area contributed by atoms with Gasteiger partial charge >= 0.3 is 0 Å². The van der Waals surface area contributed by atoms with Crippen LogP contribution in [0.5, 0.6) is 0 Å². The third-order valence-electron chi connectivity index (χ3n) is 5.85. The van der Waals surface area contributed by atoms with Crippen LogP contribution in [0.4, 0.5) is 5.13 Å². The highest BCUT2D eigenvalue weighted by atomic mass is 32.1. The lowest BCUT2D eigenvalue weighted by Gasteiger charge is -2.14. The van der Waals surface area contributed by atoms with Crippen LogP contribution >= 0.6 is 11.3 Å². The molecule has 7 heteroatoms. The second-order valence-electron chi connectivity index (χ2n) is 7.99. The average molecular weight is 414 g/mol. The summed E-state index contributed by atoms with van der Waals surface area (Å²) in [5, 5.41) is 9.25. The maximum absolute atomic E-state index is 5.72. The number of anilines is 1. The number of nitrogens with one attached hydrogen (secondary N) is 1. The number of imidazole rings is 1. The number of rotatable bonds is 7. The predicted molar refractivity (Wildman–Crippen MR) is 119 cm³/mol. The minimum absolute atomic E-state index is 0.298. The van der Waals surface area contributed by atoms with Crippen LogP contribution in [0, 0.1) is 20.8 Å². The standard InChI is InChI=1S/C22H31N5OS/c1-6-16(7-2)18-11-13(3)26-27-19(14(4)24-21(18)27)20-15(5)25-22(29-20)23-12-17-9-8-10-28-17/h11,16-17H,6-10,12H2,1-5H3,(H,23,25)/t17-/m0/s1. The Hall–Kier alpha value is -1.99. The molecule has 1 aliphatic heterocycles. The third-order valence-corrected chi connectivity index (χ3v) is 6.97. The SMILES string of the molecule is CCC(CC)c1cc(C)nn2c(-c3sc(NC[C@@H]4CCCO4)nc3C)c(C)nc12. The fourth-order valence-corrected chi connectivity index (χ4v) is 5.32. The van der Waals surface area contributed by atoms with Crippen molar-refractivity contribution >= 4 is 22.1 Å². The molecular formula is C22H31N5OS. The number of aryl methyl sites for hydroxylation is 3. The molecule has 0 spiro atoms. The van der Waals surface area contributed by atoms with Crippen LogP contribution in [0.15, 0.2) is 6.07 Å². The lowest BCUT2D eigenvalue weighted by Crippen LogP contribution is -2.18. The van der Waals surface area contributed by atoms with E-state index in [4.69, 9.17) is 19.8 Å². The van der Waals surface area contributed by atoms with Gasteiger partial charge in [-0.25, -0.2) is 14.5 Å². The topological polar surface area (TPSA) is 64.3 Å². The molecular weight excluding hydrogens is 382 g/mol. The number of fused-ring (bicyclic) bond motifs is 1. The van der Waals surface area contributed by atoms with Crippen molar-refractivity contribution in [2.75, 3.05) is 18.5 Å². The van der Waals surface area contributed by atoms with Gasteiger partial charge in [0.1, 0.15) is 5.69 Å². The molecule has 3 aromatic rings. The van der Waals surface area contributed by atoms with Crippen LogP contribution < -0.4 is 5.32 Å². The molecule has 1 aliphatic rings. The molecule has 1 fully saturated rings. The molecule has 0 bridgehead atoms. The summed E-state index contributed by atoms with van der Waals surface area (Å²) in [7, 11) is 0. The fraction of sp³-hybridized carbons (Fsp3) is 0.591. The van der Waals surface area contributed by atoms with E-state index in [1.54, 1.807) is 11.3 Å². The monoisotopic (exact) mass is 413 g/mol.